The van der Waals surface area contributed by atoms with Crippen LogP contribution in [-0.4, -0.2) is 42.0 Å². The average molecular weight is 221 g/mol. The van der Waals surface area contributed by atoms with Crippen LogP contribution in [0.5, 0.6) is 0 Å². The predicted octanol–water partition coefficient (Wildman–Crippen LogP) is 1.24. The van der Waals surface area contributed by atoms with Gasteiger partial charge in [0.15, 0.2) is 0 Å². The standard InChI is InChI=1S/C10H23NO2S/c1-3-4-5-13-6-10(12)8-14-7-9(2)11/h9-10,12H,3-8,11H2,1-2H3. The van der Waals surface area contributed by atoms with Gasteiger partial charge in [-0.15, -0.1) is 0 Å². The normalized spacial score (nSPS) is 15.4. The van der Waals surface area contributed by atoms with E-state index in [1.165, 1.54) is 0 Å². The molecule has 0 amide bonds. The maximum Gasteiger partial charge on any atom is 0.0863 e. The van der Waals surface area contributed by atoms with Crippen molar-refractivity contribution in [3.8, 4) is 0 Å². The number of aliphatic hydroxyl groups excluding tert-OH is 1. The molecule has 0 aromatic rings. The van der Waals surface area contributed by atoms with Crippen LogP contribution in [0, 0.1) is 0 Å². The number of hydrogen-bond donors (Lipinski definition) is 2. The fourth-order valence-corrected chi connectivity index (χ4v) is 1.78. The van der Waals surface area contributed by atoms with E-state index in [0.29, 0.717) is 12.4 Å². The summed E-state index contributed by atoms with van der Waals surface area (Å²) in [5, 5.41) is 9.47. The molecule has 0 saturated heterocycles. The number of aliphatic hydroxyl groups is 1. The molecule has 4 heteroatoms. The van der Waals surface area contributed by atoms with Gasteiger partial charge in [-0.25, -0.2) is 0 Å². The highest BCUT2D eigenvalue weighted by Gasteiger charge is 2.04. The first-order valence-electron chi connectivity index (χ1n) is 5.26. The van der Waals surface area contributed by atoms with Gasteiger partial charge in [0.05, 0.1) is 12.7 Å². The van der Waals surface area contributed by atoms with Crippen molar-refractivity contribution >= 4 is 11.8 Å². The van der Waals surface area contributed by atoms with Crippen LogP contribution in [0.1, 0.15) is 26.7 Å². The number of hydrogen-bond acceptors (Lipinski definition) is 4. The van der Waals surface area contributed by atoms with Crippen molar-refractivity contribution < 1.29 is 9.84 Å². The molecule has 2 unspecified atom stereocenters. The van der Waals surface area contributed by atoms with E-state index in [2.05, 4.69) is 6.92 Å². The number of thioether (sulfide) groups is 1. The van der Waals surface area contributed by atoms with Crippen LogP contribution in [0.4, 0.5) is 0 Å². The van der Waals surface area contributed by atoms with Crippen molar-refractivity contribution in [2.75, 3.05) is 24.7 Å². The minimum atomic E-state index is -0.351. The molecule has 0 fully saturated rings. The summed E-state index contributed by atoms with van der Waals surface area (Å²) in [6.45, 7) is 5.30. The van der Waals surface area contributed by atoms with E-state index in [1.807, 2.05) is 6.92 Å². The molecular formula is C10H23NO2S. The minimum absolute atomic E-state index is 0.202. The van der Waals surface area contributed by atoms with E-state index in [-0.39, 0.29) is 12.1 Å². The first-order valence-corrected chi connectivity index (χ1v) is 6.41. The van der Waals surface area contributed by atoms with E-state index in [4.69, 9.17) is 10.5 Å². The summed E-state index contributed by atoms with van der Waals surface area (Å²) in [7, 11) is 0. The third-order valence-corrected chi connectivity index (χ3v) is 3.03. The third-order valence-electron chi connectivity index (χ3n) is 1.64. The number of unbranched alkanes of at least 4 members (excludes halogenated alkanes) is 1. The van der Waals surface area contributed by atoms with E-state index in [1.54, 1.807) is 11.8 Å². The molecule has 0 saturated carbocycles. The molecule has 0 aliphatic rings. The topological polar surface area (TPSA) is 55.5 Å². The molecule has 0 heterocycles. The van der Waals surface area contributed by atoms with Gasteiger partial charge in [0.25, 0.3) is 0 Å². The lowest BCUT2D eigenvalue weighted by atomic mass is 10.3. The molecule has 0 aliphatic carbocycles. The van der Waals surface area contributed by atoms with E-state index in [9.17, 15) is 5.11 Å². The Bertz CT molecular complexity index is 123. The Balaban J connectivity index is 3.15. The predicted molar refractivity (Wildman–Crippen MR) is 62.7 cm³/mol. The molecule has 2 atom stereocenters. The van der Waals surface area contributed by atoms with Gasteiger partial charge in [0.1, 0.15) is 0 Å². The molecule has 3 N–H and O–H groups in total. The van der Waals surface area contributed by atoms with E-state index < -0.39 is 0 Å². The summed E-state index contributed by atoms with van der Waals surface area (Å²) in [6.07, 6.45) is 1.85. The maximum absolute atomic E-state index is 9.47. The van der Waals surface area contributed by atoms with Crippen LogP contribution >= 0.6 is 11.8 Å². The summed E-state index contributed by atoms with van der Waals surface area (Å²) in [4.78, 5) is 0. The van der Waals surface area contributed by atoms with Crippen LogP contribution in [0.25, 0.3) is 0 Å². The van der Waals surface area contributed by atoms with Gasteiger partial charge < -0.3 is 15.6 Å². The van der Waals surface area contributed by atoms with Crippen molar-refractivity contribution in [2.45, 2.75) is 38.8 Å². The fourth-order valence-electron chi connectivity index (χ4n) is 0.904. The Kier molecular flexibility index (Phi) is 9.93. The lowest BCUT2D eigenvalue weighted by molar-refractivity contribution is 0.0473. The smallest absolute Gasteiger partial charge is 0.0863 e. The van der Waals surface area contributed by atoms with Gasteiger partial charge in [-0.05, 0) is 13.3 Å². The summed E-state index contributed by atoms with van der Waals surface area (Å²) in [5.74, 6) is 1.61. The van der Waals surface area contributed by atoms with Crippen LogP contribution in [-0.2, 0) is 4.74 Å². The molecule has 0 spiro atoms. The van der Waals surface area contributed by atoms with Crippen molar-refractivity contribution in [3.05, 3.63) is 0 Å². The summed E-state index contributed by atoms with van der Waals surface area (Å²) < 4.78 is 5.30. The van der Waals surface area contributed by atoms with Crippen molar-refractivity contribution in [3.63, 3.8) is 0 Å². The Morgan fingerprint density at radius 3 is 2.71 bits per heavy atom. The molecule has 14 heavy (non-hydrogen) atoms. The van der Waals surface area contributed by atoms with Crippen LogP contribution in [0.15, 0.2) is 0 Å². The highest BCUT2D eigenvalue weighted by atomic mass is 32.2. The fraction of sp³-hybridized carbons (Fsp3) is 1.00. The Hall–Kier alpha value is 0.230. The molecule has 0 aliphatic heterocycles. The zero-order valence-electron chi connectivity index (χ0n) is 9.24. The highest BCUT2D eigenvalue weighted by Crippen LogP contribution is 2.04. The average Bonchev–Trinajstić information content (AvgIpc) is 2.12. The lowest BCUT2D eigenvalue weighted by Gasteiger charge is -2.11. The number of rotatable bonds is 9. The summed E-state index contributed by atoms with van der Waals surface area (Å²) in [5.41, 5.74) is 5.58. The maximum atomic E-state index is 9.47. The van der Waals surface area contributed by atoms with Gasteiger partial charge >= 0.3 is 0 Å². The lowest BCUT2D eigenvalue weighted by Crippen LogP contribution is -2.22. The molecule has 0 rings (SSSR count). The van der Waals surface area contributed by atoms with Gasteiger partial charge in [-0.3, -0.25) is 0 Å². The van der Waals surface area contributed by atoms with Gasteiger partial charge in [-0.2, -0.15) is 11.8 Å². The Labute approximate surface area is 91.4 Å². The van der Waals surface area contributed by atoms with Crippen LogP contribution in [0.2, 0.25) is 0 Å². The number of nitrogens with two attached hydrogens (primary N) is 1. The van der Waals surface area contributed by atoms with Crippen LogP contribution in [0.3, 0.4) is 0 Å². The molecule has 3 nitrogen and oxygen atoms in total. The molecule has 0 aromatic carbocycles. The van der Waals surface area contributed by atoms with Gasteiger partial charge in [-0.1, -0.05) is 13.3 Å². The molecule has 0 radical (unpaired) electrons. The van der Waals surface area contributed by atoms with Crippen molar-refractivity contribution in [1.82, 2.24) is 0 Å². The quantitative estimate of drug-likeness (QED) is 0.575. The second kappa shape index (κ2) is 9.77. The second-order valence-corrected chi connectivity index (χ2v) is 4.67. The summed E-state index contributed by atoms with van der Waals surface area (Å²) in [6, 6.07) is 0.202. The molecular weight excluding hydrogens is 198 g/mol. The first-order chi connectivity index (χ1) is 6.66. The summed E-state index contributed by atoms with van der Waals surface area (Å²) >= 11 is 1.68. The van der Waals surface area contributed by atoms with Crippen molar-refractivity contribution in [1.29, 1.82) is 0 Å². The Morgan fingerprint density at radius 2 is 2.14 bits per heavy atom. The number of ether oxygens (including phenoxy) is 1. The third kappa shape index (κ3) is 10.3. The highest BCUT2D eigenvalue weighted by molar-refractivity contribution is 7.99. The van der Waals surface area contributed by atoms with Crippen LogP contribution < -0.4 is 5.73 Å². The second-order valence-electron chi connectivity index (χ2n) is 3.60. The SMILES string of the molecule is CCCCOCC(O)CSCC(C)N. The van der Waals surface area contributed by atoms with Gasteiger partial charge in [0, 0.05) is 24.2 Å². The Morgan fingerprint density at radius 1 is 1.43 bits per heavy atom. The molecule has 0 aromatic heterocycles. The molecule has 86 valence electrons. The monoisotopic (exact) mass is 221 g/mol. The largest absolute Gasteiger partial charge is 0.390 e. The zero-order valence-corrected chi connectivity index (χ0v) is 10.1. The minimum Gasteiger partial charge on any atom is -0.390 e. The van der Waals surface area contributed by atoms with Gasteiger partial charge in [0.2, 0.25) is 0 Å². The zero-order chi connectivity index (χ0) is 10.8. The first kappa shape index (κ1) is 14.2. The van der Waals surface area contributed by atoms with Crippen molar-refractivity contribution in [2.24, 2.45) is 5.73 Å². The molecule has 0 bridgehead atoms. The van der Waals surface area contributed by atoms with E-state index in [0.717, 1.165) is 25.2 Å². The van der Waals surface area contributed by atoms with E-state index >= 15 is 0 Å².